The fourth-order valence-corrected chi connectivity index (χ4v) is 4.09. The van der Waals surface area contributed by atoms with Gasteiger partial charge in [-0.05, 0) is 50.7 Å². The molecule has 0 amide bonds. The van der Waals surface area contributed by atoms with Crippen LogP contribution in [0.25, 0.3) is 0 Å². The number of nitrogens with zero attached hydrogens (tertiary/aromatic N) is 2. The van der Waals surface area contributed by atoms with Gasteiger partial charge in [-0.25, -0.2) is 0 Å². The van der Waals surface area contributed by atoms with E-state index < -0.39 is 0 Å². The molecule has 3 fully saturated rings. The third-order valence-electron chi connectivity index (χ3n) is 5.23. The fraction of sp³-hybridized carbons (Fsp3) is 1.00. The molecule has 0 aromatic carbocycles. The first-order valence-electron chi connectivity index (χ1n) is 7.89. The lowest BCUT2D eigenvalue weighted by Crippen LogP contribution is -2.38. The lowest BCUT2D eigenvalue weighted by molar-refractivity contribution is 0.0363. The zero-order valence-electron chi connectivity index (χ0n) is 11.7. The topological polar surface area (TPSA) is 15.7 Å². The van der Waals surface area contributed by atoms with Gasteiger partial charge in [0.1, 0.15) is 0 Å². The summed E-state index contributed by atoms with van der Waals surface area (Å²) >= 11 is 0. The number of likely N-dealkylation sites (tertiary alicyclic amines) is 1. The van der Waals surface area contributed by atoms with Crippen molar-refractivity contribution in [3.8, 4) is 0 Å². The first-order valence-corrected chi connectivity index (χ1v) is 7.89. The molecule has 0 aromatic heterocycles. The Balaban J connectivity index is 1.34. The molecular formula is C15H28N2O. The van der Waals surface area contributed by atoms with Crippen LogP contribution in [0.4, 0.5) is 0 Å². The van der Waals surface area contributed by atoms with Crippen molar-refractivity contribution in [1.82, 2.24) is 9.80 Å². The van der Waals surface area contributed by atoms with E-state index in [1.165, 1.54) is 64.7 Å². The van der Waals surface area contributed by atoms with E-state index in [1.807, 2.05) is 0 Å². The summed E-state index contributed by atoms with van der Waals surface area (Å²) in [6.45, 7) is 9.51. The average molecular weight is 252 g/mol. The highest BCUT2D eigenvalue weighted by Crippen LogP contribution is 2.45. The van der Waals surface area contributed by atoms with Gasteiger partial charge in [-0.2, -0.15) is 0 Å². The minimum atomic E-state index is 0.749. The van der Waals surface area contributed by atoms with Crippen LogP contribution < -0.4 is 0 Å². The second-order valence-electron chi connectivity index (χ2n) is 6.54. The lowest BCUT2D eigenvalue weighted by Gasteiger charge is -2.28. The molecule has 104 valence electrons. The van der Waals surface area contributed by atoms with Crippen molar-refractivity contribution in [2.75, 3.05) is 52.5 Å². The highest BCUT2D eigenvalue weighted by molar-refractivity contribution is 4.93. The van der Waals surface area contributed by atoms with Gasteiger partial charge in [-0.3, -0.25) is 4.90 Å². The molecule has 0 unspecified atom stereocenters. The summed E-state index contributed by atoms with van der Waals surface area (Å²) in [7, 11) is 0. The van der Waals surface area contributed by atoms with Crippen molar-refractivity contribution in [2.45, 2.75) is 38.5 Å². The Labute approximate surface area is 111 Å². The van der Waals surface area contributed by atoms with Gasteiger partial charge in [-0.1, -0.05) is 12.8 Å². The molecule has 0 radical (unpaired) electrons. The lowest BCUT2D eigenvalue weighted by atomic mass is 9.86. The summed E-state index contributed by atoms with van der Waals surface area (Å²) in [5.41, 5.74) is 0.749. The normalized spacial score (nSPS) is 29.3. The predicted octanol–water partition coefficient (Wildman–Crippen LogP) is 1.97. The number of ether oxygens (including phenoxy) is 1. The van der Waals surface area contributed by atoms with E-state index in [4.69, 9.17) is 4.74 Å². The van der Waals surface area contributed by atoms with Crippen molar-refractivity contribution in [2.24, 2.45) is 5.41 Å². The molecule has 0 N–H and O–H groups in total. The molecule has 2 aliphatic heterocycles. The SMILES string of the molecule is C(CN1CCOCC1)CN1CCC2(CCCC2)C1. The summed E-state index contributed by atoms with van der Waals surface area (Å²) in [6.07, 6.45) is 8.81. The smallest absolute Gasteiger partial charge is 0.0594 e. The van der Waals surface area contributed by atoms with E-state index in [0.717, 1.165) is 31.7 Å². The molecule has 3 rings (SSSR count). The Morgan fingerprint density at radius 2 is 1.56 bits per heavy atom. The first kappa shape index (κ1) is 12.9. The van der Waals surface area contributed by atoms with E-state index in [-0.39, 0.29) is 0 Å². The predicted molar refractivity (Wildman–Crippen MR) is 73.8 cm³/mol. The van der Waals surface area contributed by atoms with Crippen molar-refractivity contribution < 1.29 is 4.74 Å². The van der Waals surface area contributed by atoms with Crippen LogP contribution >= 0.6 is 0 Å². The molecule has 0 aromatic rings. The van der Waals surface area contributed by atoms with E-state index in [0.29, 0.717) is 0 Å². The highest BCUT2D eigenvalue weighted by Gasteiger charge is 2.39. The second kappa shape index (κ2) is 5.89. The third kappa shape index (κ3) is 3.06. The van der Waals surface area contributed by atoms with Gasteiger partial charge in [0, 0.05) is 19.6 Å². The van der Waals surface area contributed by atoms with Gasteiger partial charge in [0.2, 0.25) is 0 Å². The molecule has 2 saturated heterocycles. The van der Waals surface area contributed by atoms with Gasteiger partial charge < -0.3 is 9.64 Å². The summed E-state index contributed by atoms with van der Waals surface area (Å²) in [4.78, 5) is 5.29. The molecule has 0 bridgehead atoms. The van der Waals surface area contributed by atoms with E-state index in [9.17, 15) is 0 Å². The van der Waals surface area contributed by atoms with Crippen molar-refractivity contribution in [3.05, 3.63) is 0 Å². The molecule has 1 saturated carbocycles. The Morgan fingerprint density at radius 1 is 0.833 bits per heavy atom. The summed E-state index contributed by atoms with van der Waals surface area (Å²) in [5.74, 6) is 0. The Morgan fingerprint density at radius 3 is 2.33 bits per heavy atom. The van der Waals surface area contributed by atoms with Crippen molar-refractivity contribution in [1.29, 1.82) is 0 Å². The van der Waals surface area contributed by atoms with Crippen LogP contribution in [0.1, 0.15) is 38.5 Å². The molecule has 18 heavy (non-hydrogen) atoms. The molecule has 0 atom stereocenters. The number of morpholine rings is 1. The van der Waals surface area contributed by atoms with Crippen LogP contribution in [-0.2, 0) is 4.74 Å². The maximum absolute atomic E-state index is 5.39. The average Bonchev–Trinajstić information content (AvgIpc) is 3.02. The van der Waals surface area contributed by atoms with Crippen LogP contribution in [-0.4, -0.2) is 62.3 Å². The Kier molecular flexibility index (Phi) is 4.22. The molecule has 2 heterocycles. The summed E-state index contributed by atoms with van der Waals surface area (Å²) < 4.78 is 5.39. The van der Waals surface area contributed by atoms with Crippen LogP contribution in [0.15, 0.2) is 0 Å². The van der Waals surface area contributed by atoms with E-state index >= 15 is 0 Å². The molecule has 3 nitrogen and oxygen atoms in total. The van der Waals surface area contributed by atoms with Gasteiger partial charge >= 0.3 is 0 Å². The number of rotatable bonds is 4. The first-order chi connectivity index (χ1) is 8.86. The molecule has 1 aliphatic carbocycles. The van der Waals surface area contributed by atoms with Crippen LogP contribution in [0.2, 0.25) is 0 Å². The zero-order valence-corrected chi connectivity index (χ0v) is 11.7. The van der Waals surface area contributed by atoms with Crippen LogP contribution in [0.5, 0.6) is 0 Å². The Bertz CT molecular complexity index is 257. The van der Waals surface area contributed by atoms with E-state index in [2.05, 4.69) is 9.80 Å². The van der Waals surface area contributed by atoms with Crippen molar-refractivity contribution in [3.63, 3.8) is 0 Å². The minimum Gasteiger partial charge on any atom is -0.379 e. The maximum Gasteiger partial charge on any atom is 0.0594 e. The fourth-order valence-electron chi connectivity index (χ4n) is 4.09. The molecular weight excluding hydrogens is 224 g/mol. The molecule has 3 aliphatic rings. The summed E-state index contributed by atoms with van der Waals surface area (Å²) in [6, 6.07) is 0. The standard InChI is InChI=1S/C15H28N2O/c1-2-5-15(4-1)6-9-17(14-15)8-3-7-16-10-12-18-13-11-16/h1-14H2. The third-order valence-corrected chi connectivity index (χ3v) is 5.23. The van der Waals surface area contributed by atoms with E-state index in [1.54, 1.807) is 0 Å². The van der Waals surface area contributed by atoms with Gasteiger partial charge in [-0.15, -0.1) is 0 Å². The van der Waals surface area contributed by atoms with Gasteiger partial charge in [0.15, 0.2) is 0 Å². The molecule has 3 heteroatoms. The monoisotopic (exact) mass is 252 g/mol. The number of hydrogen-bond acceptors (Lipinski definition) is 3. The second-order valence-corrected chi connectivity index (χ2v) is 6.54. The van der Waals surface area contributed by atoms with Gasteiger partial charge in [0.05, 0.1) is 13.2 Å². The summed E-state index contributed by atoms with van der Waals surface area (Å²) in [5, 5.41) is 0. The zero-order chi connectivity index (χ0) is 12.3. The maximum atomic E-state index is 5.39. The van der Waals surface area contributed by atoms with Crippen LogP contribution in [0, 0.1) is 5.41 Å². The van der Waals surface area contributed by atoms with Gasteiger partial charge in [0.25, 0.3) is 0 Å². The quantitative estimate of drug-likeness (QED) is 0.761. The highest BCUT2D eigenvalue weighted by atomic mass is 16.5. The van der Waals surface area contributed by atoms with Crippen LogP contribution in [0.3, 0.4) is 0 Å². The number of hydrogen-bond donors (Lipinski definition) is 0. The Hall–Kier alpha value is -0.120. The largest absolute Gasteiger partial charge is 0.379 e. The minimum absolute atomic E-state index is 0.749. The van der Waals surface area contributed by atoms with Crippen molar-refractivity contribution >= 4 is 0 Å². The molecule has 1 spiro atoms.